The molecule has 0 saturated carbocycles. The molecule has 0 aromatic heterocycles. The molecule has 0 saturated heterocycles. The Morgan fingerprint density at radius 2 is 1.92 bits per heavy atom. The summed E-state index contributed by atoms with van der Waals surface area (Å²) in [7, 11) is 0. The highest BCUT2D eigenvalue weighted by Gasteiger charge is 2.29. The molecule has 78 valence electrons. The standard InChI is InChI=1S/C7H13F3N2O/c1-2-3-4-5-11-6(13)12-7(8,9)10/h2-5H2,1H3,(H2,11,12,13). The Morgan fingerprint density at radius 1 is 1.31 bits per heavy atom. The molecule has 0 unspecified atom stereocenters. The zero-order chi connectivity index (χ0) is 10.3. The summed E-state index contributed by atoms with van der Waals surface area (Å²) in [6.07, 6.45) is -2.09. The highest BCUT2D eigenvalue weighted by Crippen LogP contribution is 2.08. The summed E-state index contributed by atoms with van der Waals surface area (Å²) in [5.41, 5.74) is 0. The van der Waals surface area contributed by atoms with E-state index in [4.69, 9.17) is 0 Å². The molecule has 0 rings (SSSR count). The van der Waals surface area contributed by atoms with E-state index >= 15 is 0 Å². The first-order valence-electron chi connectivity index (χ1n) is 4.08. The Balaban J connectivity index is 3.41. The van der Waals surface area contributed by atoms with Crippen LogP contribution in [0.4, 0.5) is 18.0 Å². The minimum atomic E-state index is -4.64. The lowest BCUT2D eigenvalue weighted by molar-refractivity contribution is -0.145. The molecule has 0 spiro atoms. The van der Waals surface area contributed by atoms with Gasteiger partial charge in [-0.1, -0.05) is 19.8 Å². The van der Waals surface area contributed by atoms with Gasteiger partial charge in [-0.2, -0.15) is 13.2 Å². The topological polar surface area (TPSA) is 41.1 Å². The lowest BCUT2D eigenvalue weighted by Crippen LogP contribution is -2.44. The predicted octanol–water partition coefficient (Wildman–Crippen LogP) is 2.00. The van der Waals surface area contributed by atoms with Gasteiger partial charge in [0.25, 0.3) is 0 Å². The molecule has 0 aliphatic heterocycles. The fourth-order valence-electron chi connectivity index (χ4n) is 0.750. The van der Waals surface area contributed by atoms with Crippen molar-refractivity contribution in [1.82, 2.24) is 10.6 Å². The van der Waals surface area contributed by atoms with Crippen molar-refractivity contribution in [2.45, 2.75) is 32.5 Å². The summed E-state index contributed by atoms with van der Waals surface area (Å²) in [4.78, 5) is 10.5. The lowest BCUT2D eigenvalue weighted by atomic mass is 10.2. The van der Waals surface area contributed by atoms with Crippen LogP contribution in [0.5, 0.6) is 0 Å². The number of carbonyl (C=O) groups is 1. The van der Waals surface area contributed by atoms with Gasteiger partial charge in [-0.05, 0) is 6.42 Å². The molecule has 13 heavy (non-hydrogen) atoms. The van der Waals surface area contributed by atoms with E-state index in [1.165, 1.54) is 0 Å². The largest absolute Gasteiger partial charge is 0.485 e. The quantitative estimate of drug-likeness (QED) is 0.526. The van der Waals surface area contributed by atoms with E-state index in [0.29, 0.717) is 6.42 Å². The van der Waals surface area contributed by atoms with Crippen molar-refractivity contribution >= 4 is 6.03 Å². The maximum atomic E-state index is 11.5. The van der Waals surface area contributed by atoms with Gasteiger partial charge in [0.05, 0.1) is 0 Å². The number of hydrogen-bond donors (Lipinski definition) is 2. The van der Waals surface area contributed by atoms with Crippen LogP contribution in [0.3, 0.4) is 0 Å². The van der Waals surface area contributed by atoms with Gasteiger partial charge >= 0.3 is 12.3 Å². The molecule has 6 heteroatoms. The number of amides is 2. The minimum Gasteiger partial charge on any atom is -0.338 e. The highest BCUT2D eigenvalue weighted by atomic mass is 19.4. The zero-order valence-corrected chi connectivity index (χ0v) is 7.37. The van der Waals surface area contributed by atoms with Crippen molar-refractivity contribution in [3.05, 3.63) is 0 Å². The Morgan fingerprint density at radius 3 is 2.38 bits per heavy atom. The third-order valence-electron chi connectivity index (χ3n) is 1.32. The third-order valence-corrected chi connectivity index (χ3v) is 1.32. The summed E-state index contributed by atoms with van der Waals surface area (Å²) in [5, 5.41) is 2.95. The fourth-order valence-corrected chi connectivity index (χ4v) is 0.750. The number of halogens is 3. The Labute approximate surface area is 74.7 Å². The van der Waals surface area contributed by atoms with Crippen LogP contribution in [-0.2, 0) is 0 Å². The van der Waals surface area contributed by atoms with Crippen LogP contribution in [-0.4, -0.2) is 18.9 Å². The average Bonchev–Trinajstić information content (AvgIpc) is 1.94. The average molecular weight is 198 g/mol. The van der Waals surface area contributed by atoms with E-state index in [0.717, 1.165) is 18.2 Å². The lowest BCUT2D eigenvalue weighted by Gasteiger charge is -2.09. The molecule has 0 aromatic rings. The van der Waals surface area contributed by atoms with Crippen LogP contribution in [0.2, 0.25) is 0 Å². The van der Waals surface area contributed by atoms with Gasteiger partial charge in [-0.15, -0.1) is 0 Å². The number of nitrogens with one attached hydrogen (secondary N) is 2. The van der Waals surface area contributed by atoms with E-state index in [1.807, 2.05) is 6.92 Å². The predicted molar refractivity (Wildman–Crippen MR) is 42.1 cm³/mol. The summed E-state index contributed by atoms with van der Waals surface area (Å²) >= 11 is 0. The zero-order valence-electron chi connectivity index (χ0n) is 7.37. The maximum Gasteiger partial charge on any atom is 0.485 e. The smallest absolute Gasteiger partial charge is 0.338 e. The first-order valence-corrected chi connectivity index (χ1v) is 4.08. The van der Waals surface area contributed by atoms with Crippen LogP contribution in [0.1, 0.15) is 26.2 Å². The third kappa shape index (κ3) is 8.97. The number of rotatable bonds is 4. The van der Waals surface area contributed by atoms with E-state index < -0.39 is 12.3 Å². The number of urea groups is 1. The number of alkyl halides is 3. The van der Waals surface area contributed by atoms with Gasteiger partial charge in [0, 0.05) is 6.54 Å². The summed E-state index contributed by atoms with van der Waals surface area (Å²) in [6.45, 7) is 2.24. The molecule has 0 aliphatic rings. The van der Waals surface area contributed by atoms with Crippen molar-refractivity contribution in [3.8, 4) is 0 Å². The van der Waals surface area contributed by atoms with E-state index in [9.17, 15) is 18.0 Å². The molecule has 0 heterocycles. The molecule has 0 aliphatic carbocycles. The number of carbonyl (C=O) groups excluding carboxylic acids is 1. The number of unbranched alkanes of at least 4 members (excludes halogenated alkanes) is 2. The van der Waals surface area contributed by atoms with Gasteiger partial charge < -0.3 is 5.32 Å². The van der Waals surface area contributed by atoms with Crippen molar-refractivity contribution in [3.63, 3.8) is 0 Å². The van der Waals surface area contributed by atoms with Crippen LogP contribution in [0.15, 0.2) is 0 Å². The SMILES string of the molecule is CCCCCNC(=O)NC(F)(F)F. The molecule has 3 nitrogen and oxygen atoms in total. The van der Waals surface area contributed by atoms with Gasteiger partial charge in [0.1, 0.15) is 0 Å². The van der Waals surface area contributed by atoms with Crippen molar-refractivity contribution < 1.29 is 18.0 Å². The van der Waals surface area contributed by atoms with Crippen LogP contribution in [0, 0.1) is 0 Å². The van der Waals surface area contributed by atoms with Crippen LogP contribution >= 0.6 is 0 Å². The summed E-state index contributed by atoms with van der Waals surface area (Å²) in [5.74, 6) is 0. The van der Waals surface area contributed by atoms with Crippen LogP contribution in [0.25, 0.3) is 0 Å². The van der Waals surface area contributed by atoms with Crippen molar-refractivity contribution in [1.29, 1.82) is 0 Å². The minimum absolute atomic E-state index is 0.274. The second-order valence-corrected chi connectivity index (χ2v) is 2.59. The summed E-state index contributed by atoms with van der Waals surface area (Å²) in [6, 6.07) is -1.19. The first-order chi connectivity index (χ1) is 5.95. The Hall–Kier alpha value is -0.940. The van der Waals surface area contributed by atoms with Gasteiger partial charge in [-0.3, -0.25) is 0 Å². The summed E-state index contributed by atoms with van der Waals surface area (Å²) < 4.78 is 34.5. The van der Waals surface area contributed by atoms with Gasteiger partial charge in [0.15, 0.2) is 0 Å². The molecular formula is C7H13F3N2O. The maximum absolute atomic E-state index is 11.5. The van der Waals surface area contributed by atoms with Gasteiger partial charge in [-0.25, -0.2) is 10.1 Å². The molecule has 0 atom stereocenters. The number of hydrogen-bond acceptors (Lipinski definition) is 1. The highest BCUT2D eigenvalue weighted by molar-refractivity contribution is 5.74. The molecule has 2 N–H and O–H groups in total. The second kappa shape index (κ2) is 5.66. The van der Waals surface area contributed by atoms with Crippen LogP contribution < -0.4 is 10.6 Å². The second-order valence-electron chi connectivity index (χ2n) is 2.59. The Bertz CT molecular complexity index is 158. The molecular weight excluding hydrogens is 185 g/mol. The molecule has 0 aromatic carbocycles. The van der Waals surface area contributed by atoms with E-state index in [-0.39, 0.29) is 6.54 Å². The van der Waals surface area contributed by atoms with E-state index in [1.54, 1.807) is 0 Å². The molecule has 0 radical (unpaired) electrons. The van der Waals surface area contributed by atoms with Crippen molar-refractivity contribution in [2.75, 3.05) is 6.54 Å². The molecule has 0 bridgehead atoms. The molecule has 2 amide bonds. The normalized spacial score (nSPS) is 11.1. The van der Waals surface area contributed by atoms with Crippen molar-refractivity contribution in [2.24, 2.45) is 0 Å². The monoisotopic (exact) mass is 198 g/mol. The van der Waals surface area contributed by atoms with E-state index in [2.05, 4.69) is 5.32 Å². The van der Waals surface area contributed by atoms with Gasteiger partial charge in [0.2, 0.25) is 0 Å². The molecule has 0 fully saturated rings. The fraction of sp³-hybridized carbons (Fsp3) is 0.857. The first kappa shape index (κ1) is 12.1. The Kier molecular flexibility index (Phi) is 5.25.